The molecule has 1 aliphatic rings. The number of hydrogen-bond acceptors (Lipinski definition) is 6. The van der Waals surface area contributed by atoms with E-state index in [4.69, 9.17) is 4.74 Å². The molecule has 0 aliphatic carbocycles. The van der Waals surface area contributed by atoms with Gasteiger partial charge in [-0.3, -0.25) is 9.69 Å². The van der Waals surface area contributed by atoms with Crippen LogP contribution in [-0.4, -0.2) is 42.8 Å². The smallest absolute Gasteiger partial charge is 0.252 e. The van der Waals surface area contributed by atoms with Gasteiger partial charge in [-0.25, -0.2) is 4.68 Å². The molecular weight excluding hydrogens is 428 g/mol. The van der Waals surface area contributed by atoms with E-state index in [9.17, 15) is 4.79 Å². The predicted molar refractivity (Wildman–Crippen MR) is 130 cm³/mol. The van der Waals surface area contributed by atoms with Gasteiger partial charge in [-0.05, 0) is 64.4 Å². The standard InChI is InChI=1S/C26H30N6O2/c1-2-19-10-11-24-21(13-19)14-22(26(33)27-24)16-31(15-20-7-4-3-5-8-20)18-25-28-29-30-32(25)17-23-9-6-12-34-23/h3-5,7-8,10-11,13-14,23H,2,6,9,12,15-18H2,1H3,(H,27,33). The molecule has 1 aliphatic heterocycles. The van der Waals surface area contributed by atoms with E-state index in [1.807, 2.05) is 35.0 Å². The molecule has 8 nitrogen and oxygen atoms in total. The first-order valence-electron chi connectivity index (χ1n) is 12.0. The highest BCUT2D eigenvalue weighted by Crippen LogP contribution is 2.18. The van der Waals surface area contributed by atoms with Crippen LogP contribution in [0.2, 0.25) is 0 Å². The van der Waals surface area contributed by atoms with Crippen LogP contribution >= 0.6 is 0 Å². The number of pyridine rings is 1. The Kier molecular flexibility index (Phi) is 6.78. The minimum absolute atomic E-state index is 0.0613. The van der Waals surface area contributed by atoms with Gasteiger partial charge in [0.1, 0.15) is 0 Å². The zero-order valence-corrected chi connectivity index (χ0v) is 19.5. The largest absolute Gasteiger partial charge is 0.376 e. The molecule has 0 amide bonds. The fourth-order valence-corrected chi connectivity index (χ4v) is 4.55. The Morgan fingerprint density at radius 1 is 1.09 bits per heavy atom. The molecule has 4 aromatic rings. The van der Waals surface area contributed by atoms with Gasteiger partial charge in [0.25, 0.3) is 5.56 Å². The molecule has 1 N–H and O–H groups in total. The third-order valence-corrected chi connectivity index (χ3v) is 6.41. The molecule has 3 heterocycles. The van der Waals surface area contributed by atoms with Crippen LogP contribution in [-0.2, 0) is 37.3 Å². The Morgan fingerprint density at radius 2 is 1.97 bits per heavy atom. The van der Waals surface area contributed by atoms with E-state index in [2.05, 4.69) is 56.6 Å². The number of fused-ring (bicyclic) bond motifs is 1. The van der Waals surface area contributed by atoms with Crippen LogP contribution in [0.25, 0.3) is 10.9 Å². The van der Waals surface area contributed by atoms with Crippen molar-refractivity contribution < 1.29 is 4.74 Å². The fourth-order valence-electron chi connectivity index (χ4n) is 4.55. The van der Waals surface area contributed by atoms with Crippen LogP contribution in [0.3, 0.4) is 0 Å². The van der Waals surface area contributed by atoms with Crippen LogP contribution < -0.4 is 5.56 Å². The van der Waals surface area contributed by atoms with Crippen molar-refractivity contribution in [1.82, 2.24) is 30.1 Å². The molecule has 5 rings (SSSR count). The van der Waals surface area contributed by atoms with Gasteiger partial charge < -0.3 is 9.72 Å². The number of ether oxygens (including phenoxy) is 1. The van der Waals surface area contributed by atoms with E-state index in [1.165, 1.54) is 11.1 Å². The number of aryl methyl sites for hydroxylation is 1. The summed E-state index contributed by atoms with van der Waals surface area (Å²) in [6.45, 7) is 5.28. The fraction of sp³-hybridized carbons (Fsp3) is 0.385. The molecule has 0 radical (unpaired) electrons. The molecule has 1 fully saturated rings. The number of benzene rings is 2. The molecular formula is C26H30N6O2. The van der Waals surface area contributed by atoms with Gasteiger partial charge in [0.2, 0.25) is 0 Å². The maximum absolute atomic E-state index is 12.9. The Labute approximate surface area is 198 Å². The van der Waals surface area contributed by atoms with E-state index < -0.39 is 0 Å². The second kappa shape index (κ2) is 10.3. The minimum Gasteiger partial charge on any atom is -0.376 e. The minimum atomic E-state index is -0.0613. The SMILES string of the molecule is CCc1ccc2[nH]c(=O)c(CN(Cc3ccccc3)Cc3nnnn3CC3CCCO3)cc2c1. The van der Waals surface area contributed by atoms with Crippen LogP contribution in [0, 0.1) is 0 Å². The van der Waals surface area contributed by atoms with Crippen molar-refractivity contribution in [3.8, 4) is 0 Å². The molecule has 1 unspecified atom stereocenters. The van der Waals surface area contributed by atoms with Gasteiger partial charge in [-0.15, -0.1) is 5.10 Å². The molecule has 0 saturated carbocycles. The van der Waals surface area contributed by atoms with E-state index in [0.29, 0.717) is 26.2 Å². The van der Waals surface area contributed by atoms with Gasteiger partial charge in [-0.2, -0.15) is 0 Å². The quantitative estimate of drug-likeness (QED) is 0.413. The molecule has 0 spiro atoms. The van der Waals surface area contributed by atoms with Crippen molar-refractivity contribution >= 4 is 10.9 Å². The second-order valence-corrected chi connectivity index (χ2v) is 8.94. The summed E-state index contributed by atoms with van der Waals surface area (Å²) in [7, 11) is 0. The lowest BCUT2D eigenvalue weighted by atomic mass is 10.1. The number of rotatable bonds is 9. The van der Waals surface area contributed by atoms with Crippen LogP contribution in [0.5, 0.6) is 0 Å². The van der Waals surface area contributed by atoms with Crippen LogP contribution in [0.15, 0.2) is 59.4 Å². The summed E-state index contributed by atoms with van der Waals surface area (Å²) in [6, 6.07) is 18.5. The van der Waals surface area contributed by atoms with Gasteiger partial charge in [0.15, 0.2) is 5.82 Å². The predicted octanol–water partition coefficient (Wildman–Crippen LogP) is 3.46. The number of nitrogens with zero attached hydrogens (tertiary/aromatic N) is 5. The Hall–Kier alpha value is -3.36. The third-order valence-electron chi connectivity index (χ3n) is 6.41. The second-order valence-electron chi connectivity index (χ2n) is 8.94. The Morgan fingerprint density at radius 3 is 2.76 bits per heavy atom. The number of tetrazole rings is 1. The first-order chi connectivity index (χ1) is 16.7. The molecule has 0 bridgehead atoms. The topological polar surface area (TPSA) is 88.9 Å². The monoisotopic (exact) mass is 458 g/mol. The maximum Gasteiger partial charge on any atom is 0.252 e. The molecule has 2 aromatic heterocycles. The van der Waals surface area contributed by atoms with E-state index >= 15 is 0 Å². The van der Waals surface area contributed by atoms with Crippen molar-refractivity contribution in [2.75, 3.05) is 6.61 Å². The van der Waals surface area contributed by atoms with Gasteiger partial charge in [-0.1, -0.05) is 43.3 Å². The number of hydrogen-bond donors (Lipinski definition) is 1. The lowest BCUT2D eigenvalue weighted by molar-refractivity contribution is 0.0914. The molecule has 1 atom stereocenters. The number of H-pyrrole nitrogens is 1. The summed E-state index contributed by atoms with van der Waals surface area (Å²) < 4.78 is 7.62. The van der Waals surface area contributed by atoms with Crippen LogP contribution in [0.1, 0.15) is 42.3 Å². The highest BCUT2D eigenvalue weighted by atomic mass is 16.5. The Balaban J connectivity index is 1.42. The average molecular weight is 459 g/mol. The normalized spacial score (nSPS) is 16.0. The lowest BCUT2D eigenvalue weighted by Gasteiger charge is -2.22. The molecule has 176 valence electrons. The molecule has 1 saturated heterocycles. The van der Waals surface area contributed by atoms with Crippen molar-refractivity contribution in [1.29, 1.82) is 0 Å². The highest BCUT2D eigenvalue weighted by Gasteiger charge is 2.20. The summed E-state index contributed by atoms with van der Waals surface area (Å²) >= 11 is 0. The van der Waals surface area contributed by atoms with Crippen LogP contribution in [0.4, 0.5) is 0 Å². The maximum atomic E-state index is 12.9. The third kappa shape index (κ3) is 5.24. The molecule has 8 heteroatoms. The zero-order chi connectivity index (χ0) is 23.3. The summed E-state index contributed by atoms with van der Waals surface area (Å²) in [4.78, 5) is 18.2. The van der Waals surface area contributed by atoms with Gasteiger partial charge >= 0.3 is 0 Å². The van der Waals surface area contributed by atoms with E-state index in [0.717, 1.165) is 48.2 Å². The number of aromatic amines is 1. The average Bonchev–Trinajstić information content (AvgIpc) is 3.52. The van der Waals surface area contributed by atoms with E-state index in [-0.39, 0.29) is 11.7 Å². The zero-order valence-electron chi connectivity index (χ0n) is 19.5. The Bertz CT molecular complexity index is 1290. The summed E-state index contributed by atoms with van der Waals surface area (Å²) in [5.41, 5.74) is 3.95. The van der Waals surface area contributed by atoms with Crippen molar-refractivity contribution in [3.05, 3.63) is 87.5 Å². The number of nitrogens with one attached hydrogen (secondary N) is 1. The summed E-state index contributed by atoms with van der Waals surface area (Å²) in [5, 5.41) is 13.5. The summed E-state index contributed by atoms with van der Waals surface area (Å²) in [5.74, 6) is 0.775. The van der Waals surface area contributed by atoms with E-state index in [1.54, 1.807) is 0 Å². The first kappa shape index (κ1) is 22.4. The highest BCUT2D eigenvalue weighted by molar-refractivity contribution is 5.79. The van der Waals surface area contributed by atoms with Gasteiger partial charge in [0.05, 0.1) is 19.2 Å². The van der Waals surface area contributed by atoms with Crippen molar-refractivity contribution in [2.24, 2.45) is 0 Å². The molecule has 2 aromatic carbocycles. The summed E-state index contributed by atoms with van der Waals surface area (Å²) in [6.07, 6.45) is 3.21. The van der Waals surface area contributed by atoms with Gasteiger partial charge in [0, 0.05) is 30.8 Å². The lowest BCUT2D eigenvalue weighted by Crippen LogP contribution is -2.29. The van der Waals surface area contributed by atoms with Crippen molar-refractivity contribution in [3.63, 3.8) is 0 Å². The number of aromatic nitrogens is 5. The molecule has 34 heavy (non-hydrogen) atoms. The first-order valence-corrected chi connectivity index (χ1v) is 12.0. The van der Waals surface area contributed by atoms with Crippen molar-refractivity contribution in [2.45, 2.75) is 58.5 Å².